The Balaban J connectivity index is 2.97. The summed E-state index contributed by atoms with van der Waals surface area (Å²) < 4.78 is 9.98. The van der Waals surface area contributed by atoms with Gasteiger partial charge in [-0.3, -0.25) is 4.79 Å². The predicted octanol–water partition coefficient (Wildman–Crippen LogP) is 2.82. The number of ether oxygens (including phenoxy) is 2. The van der Waals surface area contributed by atoms with Crippen LogP contribution in [0, 0.1) is 0 Å². The van der Waals surface area contributed by atoms with Gasteiger partial charge >= 0.3 is 5.97 Å². The van der Waals surface area contributed by atoms with Crippen molar-refractivity contribution in [1.82, 2.24) is 5.32 Å². The molecule has 0 aliphatic carbocycles. The molecular weight excluding hydrogens is 306 g/mol. The molecule has 2 atom stereocenters. The SMILES string of the molecule is CCCC(C)(NC(=O)C(Cl)c1ccccc1OC)C(=O)OC. The van der Waals surface area contributed by atoms with Crippen molar-refractivity contribution in [1.29, 1.82) is 0 Å². The van der Waals surface area contributed by atoms with E-state index in [9.17, 15) is 9.59 Å². The maximum Gasteiger partial charge on any atom is 0.331 e. The molecular formula is C16H22ClNO4. The first kappa shape index (κ1) is 18.3. The molecule has 0 radical (unpaired) electrons. The average Bonchev–Trinajstić information content (AvgIpc) is 2.53. The fourth-order valence-corrected chi connectivity index (χ4v) is 2.53. The van der Waals surface area contributed by atoms with Crippen LogP contribution < -0.4 is 10.1 Å². The van der Waals surface area contributed by atoms with Crippen molar-refractivity contribution in [2.24, 2.45) is 0 Å². The van der Waals surface area contributed by atoms with Crippen molar-refractivity contribution in [3.8, 4) is 5.75 Å². The summed E-state index contributed by atoms with van der Waals surface area (Å²) in [5, 5.41) is 1.73. The smallest absolute Gasteiger partial charge is 0.331 e. The van der Waals surface area contributed by atoms with Gasteiger partial charge < -0.3 is 14.8 Å². The number of esters is 1. The first-order valence-corrected chi connectivity index (χ1v) is 7.50. The highest BCUT2D eigenvalue weighted by atomic mass is 35.5. The van der Waals surface area contributed by atoms with Crippen LogP contribution in [0.3, 0.4) is 0 Å². The number of methoxy groups -OCH3 is 2. The second-order valence-electron chi connectivity index (χ2n) is 5.17. The van der Waals surface area contributed by atoms with Crippen molar-refractivity contribution >= 4 is 23.5 Å². The highest BCUT2D eigenvalue weighted by molar-refractivity contribution is 6.31. The molecule has 1 amide bonds. The molecule has 0 aromatic heterocycles. The number of benzene rings is 1. The lowest BCUT2D eigenvalue weighted by Gasteiger charge is -2.28. The summed E-state index contributed by atoms with van der Waals surface area (Å²) in [6.07, 6.45) is 1.18. The first-order valence-electron chi connectivity index (χ1n) is 7.07. The van der Waals surface area contributed by atoms with Gasteiger partial charge in [-0.1, -0.05) is 31.5 Å². The lowest BCUT2D eigenvalue weighted by atomic mass is 9.95. The van der Waals surface area contributed by atoms with E-state index < -0.39 is 22.8 Å². The average molecular weight is 328 g/mol. The Morgan fingerprint density at radius 1 is 1.32 bits per heavy atom. The van der Waals surface area contributed by atoms with Gasteiger partial charge in [0.2, 0.25) is 5.91 Å². The molecule has 2 unspecified atom stereocenters. The third kappa shape index (κ3) is 4.13. The minimum atomic E-state index is -1.10. The minimum absolute atomic E-state index is 0.459. The topological polar surface area (TPSA) is 64.6 Å². The molecule has 0 bridgehead atoms. The van der Waals surface area contributed by atoms with E-state index in [1.807, 2.05) is 6.92 Å². The predicted molar refractivity (Wildman–Crippen MR) is 85.1 cm³/mol. The molecule has 1 rings (SSSR count). The van der Waals surface area contributed by atoms with Gasteiger partial charge in [-0.15, -0.1) is 11.6 Å². The highest BCUT2D eigenvalue weighted by Crippen LogP contribution is 2.30. The second-order valence-corrected chi connectivity index (χ2v) is 5.60. The van der Waals surface area contributed by atoms with E-state index >= 15 is 0 Å². The Kier molecular flexibility index (Phi) is 6.68. The van der Waals surface area contributed by atoms with E-state index in [2.05, 4.69) is 5.32 Å². The van der Waals surface area contributed by atoms with E-state index in [1.54, 1.807) is 31.2 Å². The zero-order chi connectivity index (χ0) is 16.8. The fraction of sp³-hybridized carbons (Fsp3) is 0.500. The summed E-state index contributed by atoms with van der Waals surface area (Å²) in [5.74, 6) is -0.438. The van der Waals surface area contributed by atoms with Crippen molar-refractivity contribution in [2.45, 2.75) is 37.6 Å². The fourth-order valence-electron chi connectivity index (χ4n) is 2.29. The summed E-state index contributed by atoms with van der Waals surface area (Å²) in [5.41, 5.74) is -0.552. The maximum absolute atomic E-state index is 12.4. The Morgan fingerprint density at radius 2 is 1.95 bits per heavy atom. The van der Waals surface area contributed by atoms with E-state index in [1.165, 1.54) is 14.2 Å². The van der Waals surface area contributed by atoms with Crippen LogP contribution >= 0.6 is 11.6 Å². The zero-order valence-electron chi connectivity index (χ0n) is 13.3. The van der Waals surface area contributed by atoms with Gasteiger partial charge in [-0.05, 0) is 19.4 Å². The highest BCUT2D eigenvalue weighted by Gasteiger charge is 2.37. The molecule has 5 nitrogen and oxygen atoms in total. The number of alkyl halides is 1. The minimum Gasteiger partial charge on any atom is -0.496 e. The molecule has 0 aliphatic rings. The van der Waals surface area contributed by atoms with Crippen molar-refractivity contribution in [3.63, 3.8) is 0 Å². The van der Waals surface area contributed by atoms with Crippen LogP contribution in [0.4, 0.5) is 0 Å². The van der Waals surface area contributed by atoms with Crippen LogP contribution in [-0.2, 0) is 14.3 Å². The van der Waals surface area contributed by atoms with Crippen molar-refractivity contribution < 1.29 is 19.1 Å². The zero-order valence-corrected chi connectivity index (χ0v) is 14.1. The molecule has 0 fully saturated rings. The van der Waals surface area contributed by atoms with E-state index in [-0.39, 0.29) is 0 Å². The molecule has 0 aliphatic heterocycles. The number of nitrogens with one attached hydrogen (secondary N) is 1. The van der Waals surface area contributed by atoms with E-state index in [4.69, 9.17) is 21.1 Å². The number of para-hydroxylation sites is 1. The van der Waals surface area contributed by atoms with Crippen molar-refractivity contribution in [3.05, 3.63) is 29.8 Å². The second kappa shape index (κ2) is 8.03. The third-order valence-corrected chi connectivity index (χ3v) is 3.86. The molecule has 122 valence electrons. The lowest BCUT2D eigenvalue weighted by Crippen LogP contribution is -2.53. The summed E-state index contributed by atoms with van der Waals surface area (Å²) >= 11 is 6.25. The van der Waals surface area contributed by atoms with Crippen LogP contribution in [-0.4, -0.2) is 31.6 Å². The molecule has 1 aromatic carbocycles. The van der Waals surface area contributed by atoms with E-state index in [0.29, 0.717) is 24.2 Å². The Morgan fingerprint density at radius 3 is 2.50 bits per heavy atom. The standard InChI is InChI=1S/C16H22ClNO4/c1-5-10-16(2,15(20)22-4)18-14(19)13(17)11-8-6-7-9-12(11)21-3/h6-9,13H,5,10H2,1-4H3,(H,18,19). The number of carbonyl (C=O) groups excluding carboxylic acids is 2. The van der Waals surface area contributed by atoms with Crippen LogP contribution in [0.5, 0.6) is 5.75 Å². The van der Waals surface area contributed by atoms with Crippen LogP contribution in [0.2, 0.25) is 0 Å². The Hall–Kier alpha value is -1.75. The molecule has 1 N–H and O–H groups in total. The Bertz CT molecular complexity index is 535. The quantitative estimate of drug-likeness (QED) is 0.618. The van der Waals surface area contributed by atoms with Crippen LogP contribution in [0.1, 0.15) is 37.6 Å². The molecule has 0 saturated carbocycles. The van der Waals surface area contributed by atoms with Crippen molar-refractivity contribution in [2.75, 3.05) is 14.2 Å². The number of hydrogen-bond acceptors (Lipinski definition) is 4. The normalized spacial score (nSPS) is 14.6. The molecule has 0 heterocycles. The first-order chi connectivity index (χ1) is 10.4. The van der Waals surface area contributed by atoms with Gasteiger partial charge in [0.05, 0.1) is 14.2 Å². The summed E-state index contributed by atoms with van der Waals surface area (Å²) in [6.45, 7) is 3.55. The van der Waals surface area contributed by atoms with Gasteiger partial charge in [0, 0.05) is 5.56 Å². The molecule has 6 heteroatoms. The van der Waals surface area contributed by atoms with Gasteiger partial charge in [0.15, 0.2) is 0 Å². The monoisotopic (exact) mass is 327 g/mol. The molecule has 1 aromatic rings. The van der Waals surface area contributed by atoms with E-state index in [0.717, 1.165) is 0 Å². The largest absolute Gasteiger partial charge is 0.496 e. The van der Waals surface area contributed by atoms with Gasteiger partial charge in [0.25, 0.3) is 0 Å². The lowest BCUT2D eigenvalue weighted by molar-refractivity contribution is -0.150. The van der Waals surface area contributed by atoms with Gasteiger partial charge in [-0.25, -0.2) is 4.79 Å². The van der Waals surface area contributed by atoms with Gasteiger partial charge in [0.1, 0.15) is 16.7 Å². The summed E-state index contributed by atoms with van der Waals surface area (Å²) in [4.78, 5) is 24.4. The summed E-state index contributed by atoms with van der Waals surface area (Å²) in [7, 11) is 2.80. The number of hydrogen-bond donors (Lipinski definition) is 1. The number of halogens is 1. The summed E-state index contributed by atoms with van der Waals surface area (Å²) in [6, 6.07) is 7.00. The van der Waals surface area contributed by atoms with Crippen LogP contribution in [0.25, 0.3) is 0 Å². The number of carbonyl (C=O) groups is 2. The number of amides is 1. The molecule has 0 saturated heterocycles. The van der Waals surface area contributed by atoms with Gasteiger partial charge in [-0.2, -0.15) is 0 Å². The molecule has 22 heavy (non-hydrogen) atoms. The number of rotatable bonds is 7. The van der Waals surface area contributed by atoms with Crippen LogP contribution in [0.15, 0.2) is 24.3 Å². The Labute approximate surface area is 135 Å². The maximum atomic E-state index is 12.4. The third-order valence-electron chi connectivity index (χ3n) is 3.43. The molecule has 0 spiro atoms.